The average molecular weight is 283 g/mol. The maximum Gasteiger partial charge on any atom is 0.409 e. The Bertz CT molecular complexity index is 439. The van der Waals surface area contributed by atoms with Gasteiger partial charge in [-0.1, -0.05) is 6.92 Å². The molecule has 106 valence electrons. The molecule has 1 amide bonds. The Morgan fingerprint density at radius 1 is 1.53 bits per heavy atom. The summed E-state index contributed by atoms with van der Waals surface area (Å²) in [6.07, 6.45) is 2.69. The van der Waals surface area contributed by atoms with Crippen LogP contribution in [0.3, 0.4) is 0 Å². The second-order valence-corrected chi connectivity index (χ2v) is 5.84. The third-order valence-corrected chi connectivity index (χ3v) is 4.70. The standard InChI is InChI=1S/C13H21N3O2S/c1-4-11-9(2)14-12(19-11)15-10-5-7-16(8-6-10)13(17)18-3/h10H,4-8H2,1-3H3,(H,14,15). The smallest absolute Gasteiger partial charge is 0.409 e. The van der Waals surface area contributed by atoms with Gasteiger partial charge in [0.1, 0.15) is 0 Å². The molecule has 0 bridgehead atoms. The Morgan fingerprint density at radius 2 is 2.21 bits per heavy atom. The lowest BCUT2D eigenvalue weighted by atomic mass is 10.1. The largest absolute Gasteiger partial charge is 0.453 e. The Labute approximate surface area is 118 Å². The van der Waals surface area contributed by atoms with Crippen molar-refractivity contribution in [2.75, 3.05) is 25.5 Å². The van der Waals surface area contributed by atoms with Crippen LogP contribution in [0.1, 0.15) is 30.3 Å². The second-order valence-electron chi connectivity index (χ2n) is 4.76. The number of nitrogens with zero attached hydrogens (tertiary/aromatic N) is 2. The molecule has 1 aromatic rings. The van der Waals surface area contributed by atoms with Crippen LogP contribution < -0.4 is 5.32 Å². The molecule has 0 unspecified atom stereocenters. The number of methoxy groups -OCH3 is 1. The maximum absolute atomic E-state index is 11.4. The minimum absolute atomic E-state index is 0.225. The number of aromatic nitrogens is 1. The first-order chi connectivity index (χ1) is 9.13. The molecular formula is C13H21N3O2S. The first-order valence-electron chi connectivity index (χ1n) is 6.69. The van der Waals surface area contributed by atoms with Gasteiger partial charge in [-0.2, -0.15) is 0 Å². The maximum atomic E-state index is 11.4. The van der Waals surface area contributed by atoms with E-state index in [9.17, 15) is 4.79 Å². The van der Waals surface area contributed by atoms with E-state index >= 15 is 0 Å². The fourth-order valence-corrected chi connectivity index (χ4v) is 3.31. The summed E-state index contributed by atoms with van der Waals surface area (Å²) in [4.78, 5) is 19.0. The van der Waals surface area contributed by atoms with Crippen molar-refractivity contribution in [3.63, 3.8) is 0 Å². The van der Waals surface area contributed by atoms with Crippen LogP contribution in [0.25, 0.3) is 0 Å². The predicted octanol–water partition coefficient (Wildman–Crippen LogP) is 2.66. The molecule has 1 fully saturated rings. The Balaban J connectivity index is 1.86. The minimum atomic E-state index is -0.225. The van der Waals surface area contributed by atoms with Gasteiger partial charge in [-0.05, 0) is 26.2 Å². The highest BCUT2D eigenvalue weighted by Crippen LogP contribution is 2.25. The van der Waals surface area contributed by atoms with E-state index in [-0.39, 0.29) is 6.09 Å². The van der Waals surface area contributed by atoms with E-state index in [1.807, 2.05) is 0 Å². The van der Waals surface area contributed by atoms with Crippen molar-refractivity contribution in [3.05, 3.63) is 10.6 Å². The molecule has 0 saturated carbocycles. The molecule has 1 saturated heterocycles. The van der Waals surface area contributed by atoms with Crippen molar-refractivity contribution in [2.45, 2.75) is 39.2 Å². The monoisotopic (exact) mass is 283 g/mol. The molecule has 2 rings (SSSR count). The Hall–Kier alpha value is -1.30. The zero-order valence-corrected chi connectivity index (χ0v) is 12.5. The molecule has 1 N–H and O–H groups in total. The van der Waals surface area contributed by atoms with Crippen molar-refractivity contribution in [2.24, 2.45) is 0 Å². The highest BCUT2D eigenvalue weighted by atomic mass is 32.1. The first-order valence-corrected chi connectivity index (χ1v) is 7.51. The summed E-state index contributed by atoms with van der Waals surface area (Å²) in [6, 6.07) is 0.399. The van der Waals surface area contributed by atoms with Crippen molar-refractivity contribution >= 4 is 22.6 Å². The van der Waals surface area contributed by atoms with Crippen LogP contribution >= 0.6 is 11.3 Å². The van der Waals surface area contributed by atoms with Gasteiger partial charge in [0.15, 0.2) is 5.13 Å². The number of hydrogen-bond donors (Lipinski definition) is 1. The number of aryl methyl sites for hydroxylation is 2. The van der Waals surface area contributed by atoms with Crippen LogP contribution in [-0.2, 0) is 11.2 Å². The van der Waals surface area contributed by atoms with Gasteiger partial charge in [-0.3, -0.25) is 0 Å². The molecule has 0 spiro atoms. The number of rotatable bonds is 3. The van der Waals surface area contributed by atoms with Gasteiger partial charge in [0.25, 0.3) is 0 Å². The summed E-state index contributed by atoms with van der Waals surface area (Å²) >= 11 is 1.74. The van der Waals surface area contributed by atoms with E-state index in [0.29, 0.717) is 6.04 Å². The number of piperidine rings is 1. The normalized spacial score (nSPS) is 16.5. The highest BCUT2D eigenvalue weighted by Gasteiger charge is 2.23. The highest BCUT2D eigenvalue weighted by molar-refractivity contribution is 7.15. The lowest BCUT2D eigenvalue weighted by molar-refractivity contribution is 0.113. The number of likely N-dealkylation sites (tertiary alicyclic amines) is 1. The van der Waals surface area contributed by atoms with Gasteiger partial charge in [-0.25, -0.2) is 9.78 Å². The summed E-state index contributed by atoms with van der Waals surface area (Å²) < 4.78 is 4.73. The third kappa shape index (κ3) is 3.37. The zero-order chi connectivity index (χ0) is 13.8. The van der Waals surface area contributed by atoms with Gasteiger partial charge < -0.3 is 15.0 Å². The fourth-order valence-electron chi connectivity index (χ4n) is 2.33. The molecule has 1 aliphatic heterocycles. The summed E-state index contributed by atoms with van der Waals surface area (Å²) in [5, 5.41) is 4.49. The number of carbonyl (C=O) groups is 1. The van der Waals surface area contributed by atoms with Crippen LogP contribution in [-0.4, -0.2) is 42.2 Å². The van der Waals surface area contributed by atoms with E-state index in [0.717, 1.165) is 43.2 Å². The third-order valence-electron chi connectivity index (χ3n) is 3.47. The first kappa shape index (κ1) is 14.1. The lowest BCUT2D eigenvalue weighted by Crippen LogP contribution is -2.42. The average Bonchev–Trinajstić information content (AvgIpc) is 2.78. The van der Waals surface area contributed by atoms with E-state index < -0.39 is 0 Å². The van der Waals surface area contributed by atoms with Crippen LogP contribution in [0.5, 0.6) is 0 Å². The van der Waals surface area contributed by atoms with Gasteiger partial charge in [0, 0.05) is 24.0 Å². The molecule has 0 atom stereocenters. The number of carbonyl (C=O) groups excluding carboxylic acids is 1. The van der Waals surface area contributed by atoms with Crippen LogP contribution in [0.15, 0.2) is 0 Å². The number of nitrogens with one attached hydrogen (secondary N) is 1. The minimum Gasteiger partial charge on any atom is -0.453 e. The molecule has 2 heterocycles. The summed E-state index contributed by atoms with van der Waals surface area (Å²) in [7, 11) is 1.43. The van der Waals surface area contributed by atoms with E-state index in [2.05, 4.69) is 24.1 Å². The molecule has 1 aromatic heterocycles. The number of amides is 1. The van der Waals surface area contributed by atoms with E-state index in [4.69, 9.17) is 4.74 Å². The van der Waals surface area contributed by atoms with Crippen molar-refractivity contribution in [3.8, 4) is 0 Å². The van der Waals surface area contributed by atoms with Crippen molar-refractivity contribution in [1.29, 1.82) is 0 Å². The molecule has 6 heteroatoms. The Morgan fingerprint density at radius 3 is 2.74 bits per heavy atom. The number of hydrogen-bond acceptors (Lipinski definition) is 5. The molecule has 0 aromatic carbocycles. The van der Waals surface area contributed by atoms with E-state index in [1.54, 1.807) is 16.2 Å². The molecular weight excluding hydrogens is 262 g/mol. The molecule has 1 aliphatic rings. The van der Waals surface area contributed by atoms with Crippen LogP contribution in [0.4, 0.5) is 9.93 Å². The molecule has 5 nitrogen and oxygen atoms in total. The topological polar surface area (TPSA) is 54.5 Å². The van der Waals surface area contributed by atoms with Crippen molar-refractivity contribution in [1.82, 2.24) is 9.88 Å². The van der Waals surface area contributed by atoms with Crippen LogP contribution in [0.2, 0.25) is 0 Å². The van der Waals surface area contributed by atoms with Gasteiger partial charge in [0.05, 0.1) is 12.8 Å². The number of anilines is 1. The summed E-state index contributed by atoms with van der Waals surface area (Å²) in [6.45, 7) is 5.70. The summed E-state index contributed by atoms with van der Waals surface area (Å²) in [5.74, 6) is 0. The van der Waals surface area contributed by atoms with Crippen molar-refractivity contribution < 1.29 is 9.53 Å². The zero-order valence-electron chi connectivity index (χ0n) is 11.7. The Kier molecular flexibility index (Phi) is 4.63. The van der Waals surface area contributed by atoms with Gasteiger partial charge in [0.2, 0.25) is 0 Å². The summed E-state index contributed by atoms with van der Waals surface area (Å²) in [5.41, 5.74) is 1.13. The molecule has 19 heavy (non-hydrogen) atoms. The SMILES string of the molecule is CCc1sc(NC2CCN(C(=O)OC)CC2)nc1C. The quantitative estimate of drug-likeness (QED) is 0.926. The fraction of sp³-hybridized carbons (Fsp3) is 0.692. The van der Waals surface area contributed by atoms with Crippen LogP contribution in [0, 0.1) is 6.92 Å². The number of ether oxygens (including phenoxy) is 1. The van der Waals surface area contributed by atoms with Gasteiger partial charge >= 0.3 is 6.09 Å². The second kappa shape index (κ2) is 6.23. The number of thiazole rings is 1. The molecule has 0 aliphatic carbocycles. The molecule has 0 radical (unpaired) electrons. The van der Waals surface area contributed by atoms with Gasteiger partial charge in [-0.15, -0.1) is 11.3 Å². The predicted molar refractivity (Wildman–Crippen MR) is 76.9 cm³/mol. The lowest BCUT2D eigenvalue weighted by Gasteiger charge is -2.31. The van der Waals surface area contributed by atoms with E-state index in [1.165, 1.54) is 12.0 Å².